The zero-order valence-corrected chi connectivity index (χ0v) is 15.3. The van der Waals surface area contributed by atoms with E-state index in [-0.39, 0.29) is 24.5 Å². The number of amides is 1. The summed E-state index contributed by atoms with van der Waals surface area (Å²) in [5.74, 6) is 1.69. The van der Waals surface area contributed by atoms with Crippen LogP contribution >= 0.6 is 0 Å². The first-order valence-corrected chi connectivity index (χ1v) is 8.83. The Labute approximate surface area is 158 Å². The number of carbonyl (C=O) groups is 1. The number of nitrogens with zero attached hydrogens (tertiary/aromatic N) is 1. The third-order valence-electron chi connectivity index (χ3n) is 4.32. The van der Waals surface area contributed by atoms with Crippen molar-refractivity contribution in [2.45, 2.75) is 19.0 Å². The van der Waals surface area contributed by atoms with Gasteiger partial charge in [0.15, 0.2) is 5.96 Å². The Balaban J connectivity index is 1.48. The van der Waals surface area contributed by atoms with Crippen molar-refractivity contribution in [2.24, 2.45) is 10.7 Å². The van der Waals surface area contributed by atoms with Gasteiger partial charge in [-0.3, -0.25) is 4.79 Å². The number of ether oxygens (including phenoxy) is 2. The highest BCUT2D eigenvalue weighted by Gasteiger charge is 2.21. The van der Waals surface area contributed by atoms with Gasteiger partial charge < -0.3 is 25.8 Å². The molecule has 1 aliphatic heterocycles. The van der Waals surface area contributed by atoms with E-state index in [2.05, 4.69) is 15.6 Å². The third-order valence-corrected chi connectivity index (χ3v) is 4.32. The van der Waals surface area contributed by atoms with E-state index in [4.69, 9.17) is 15.2 Å². The summed E-state index contributed by atoms with van der Waals surface area (Å²) in [4.78, 5) is 16.1. The SMILES string of the molecule is COc1ccc(CNC(=O)CN=C(N)NC2CCOc3ccccc32)cc1. The minimum absolute atomic E-state index is 0.0279. The zero-order chi connectivity index (χ0) is 19.1. The minimum Gasteiger partial charge on any atom is -0.497 e. The Bertz CT molecular complexity index is 805. The van der Waals surface area contributed by atoms with E-state index in [1.165, 1.54) is 0 Å². The van der Waals surface area contributed by atoms with Crippen molar-refractivity contribution in [3.63, 3.8) is 0 Å². The number of nitrogens with one attached hydrogen (secondary N) is 2. The largest absolute Gasteiger partial charge is 0.497 e. The van der Waals surface area contributed by atoms with Gasteiger partial charge in [-0.2, -0.15) is 0 Å². The lowest BCUT2D eigenvalue weighted by Gasteiger charge is -2.26. The Hall–Kier alpha value is -3.22. The topological polar surface area (TPSA) is 98.0 Å². The van der Waals surface area contributed by atoms with E-state index in [1.54, 1.807) is 7.11 Å². The summed E-state index contributed by atoms with van der Waals surface area (Å²) >= 11 is 0. The van der Waals surface area contributed by atoms with Gasteiger partial charge in [-0.1, -0.05) is 30.3 Å². The molecule has 0 saturated carbocycles. The molecule has 0 fully saturated rings. The molecule has 0 bridgehead atoms. The molecule has 1 heterocycles. The van der Waals surface area contributed by atoms with Gasteiger partial charge in [0.2, 0.25) is 5.91 Å². The van der Waals surface area contributed by atoms with E-state index in [0.29, 0.717) is 13.2 Å². The normalized spacial score (nSPS) is 16.0. The number of carbonyl (C=O) groups excluding carboxylic acids is 1. The number of para-hydroxylation sites is 1. The molecule has 27 heavy (non-hydrogen) atoms. The van der Waals surface area contributed by atoms with Gasteiger partial charge in [-0.15, -0.1) is 0 Å². The smallest absolute Gasteiger partial charge is 0.242 e. The molecule has 142 valence electrons. The Kier molecular flexibility index (Phi) is 6.14. The number of guanidine groups is 1. The predicted octanol–water partition coefficient (Wildman–Crippen LogP) is 1.74. The molecule has 1 amide bonds. The summed E-state index contributed by atoms with van der Waals surface area (Å²) in [5, 5.41) is 5.99. The van der Waals surface area contributed by atoms with Crippen LogP contribution < -0.4 is 25.8 Å². The second-order valence-electron chi connectivity index (χ2n) is 6.20. The molecule has 0 spiro atoms. The molecule has 7 nitrogen and oxygen atoms in total. The fraction of sp³-hybridized carbons (Fsp3) is 0.300. The number of methoxy groups -OCH3 is 1. The van der Waals surface area contributed by atoms with Crippen LogP contribution in [-0.4, -0.2) is 32.1 Å². The van der Waals surface area contributed by atoms with Crippen molar-refractivity contribution >= 4 is 11.9 Å². The number of rotatable bonds is 6. The first kappa shape index (κ1) is 18.6. The number of aliphatic imine (C=N–C) groups is 1. The second-order valence-corrected chi connectivity index (χ2v) is 6.20. The number of nitrogens with two attached hydrogens (primary N) is 1. The molecule has 1 atom stereocenters. The molecule has 1 aliphatic rings. The molecule has 3 rings (SSSR count). The lowest BCUT2D eigenvalue weighted by molar-refractivity contribution is -0.119. The zero-order valence-electron chi connectivity index (χ0n) is 15.3. The maximum Gasteiger partial charge on any atom is 0.242 e. The van der Waals surface area contributed by atoms with E-state index >= 15 is 0 Å². The fourth-order valence-corrected chi connectivity index (χ4v) is 2.87. The molecule has 0 saturated heterocycles. The maximum atomic E-state index is 12.0. The quantitative estimate of drug-likeness (QED) is 0.533. The molecule has 4 N–H and O–H groups in total. The van der Waals surface area contributed by atoms with Gasteiger partial charge in [-0.05, 0) is 23.8 Å². The van der Waals surface area contributed by atoms with E-state index in [1.807, 2.05) is 48.5 Å². The average molecular weight is 368 g/mol. The molecule has 2 aromatic carbocycles. The summed E-state index contributed by atoms with van der Waals surface area (Å²) in [5.41, 5.74) is 7.98. The summed E-state index contributed by atoms with van der Waals surface area (Å²) in [6.07, 6.45) is 0.789. The summed E-state index contributed by atoms with van der Waals surface area (Å²) in [6, 6.07) is 15.4. The minimum atomic E-state index is -0.192. The van der Waals surface area contributed by atoms with Crippen molar-refractivity contribution in [1.82, 2.24) is 10.6 Å². The highest BCUT2D eigenvalue weighted by molar-refractivity contribution is 5.84. The second kappa shape index (κ2) is 8.93. The molecule has 0 radical (unpaired) electrons. The van der Waals surface area contributed by atoms with Crippen molar-refractivity contribution in [3.8, 4) is 11.5 Å². The standard InChI is InChI=1S/C20H24N4O3/c1-26-15-8-6-14(7-9-15)12-22-19(25)13-23-20(21)24-17-10-11-27-18-5-3-2-4-16(17)18/h2-9,17H,10-13H2,1H3,(H,22,25)(H3,21,23,24). The molecule has 1 unspecified atom stereocenters. The van der Waals surface area contributed by atoms with E-state index in [0.717, 1.165) is 29.0 Å². The van der Waals surface area contributed by atoms with Crippen LogP contribution in [0, 0.1) is 0 Å². The lowest BCUT2D eigenvalue weighted by atomic mass is 10.0. The van der Waals surface area contributed by atoms with Crippen molar-refractivity contribution in [3.05, 3.63) is 59.7 Å². The van der Waals surface area contributed by atoms with Gasteiger partial charge in [0, 0.05) is 18.5 Å². The number of fused-ring (bicyclic) bond motifs is 1. The lowest BCUT2D eigenvalue weighted by Crippen LogP contribution is -2.38. The average Bonchev–Trinajstić information content (AvgIpc) is 2.71. The molecule has 0 aromatic heterocycles. The number of hydrogen-bond donors (Lipinski definition) is 3. The first-order chi connectivity index (χ1) is 13.2. The highest BCUT2D eigenvalue weighted by Crippen LogP contribution is 2.31. The Morgan fingerprint density at radius 3 is 2.81 bits per heavy atom. The summed E-state index contributed by atoms with van der Waals surface area (Å²) in [6.45, 7) is 1.02. The van der Waals surface area contributed by atoms with Crippen LogP contribution in [0.2, 0.25) is 0 Å². The summed E-state index contributed by atoms with van der Waals surface area (Å²) in [7, 11) is 1.62. The van der Waals surface area contributed by atoms with Gasteiger partial charge in [0.25, 0.3) is 0 Å². The van der Waals surface area contributed by atoms with E-state index < -0.39 is 0 Å². The van der Waals surface area contributed by atoms with Crippen LogP contribution in [0.4, 0.5) is 0 Å². The third kappa shape index (κ3) is 5.13. The van der Waals surface area contributed by atoms with Gasteiger partial charge in [0.05, 0.1) is 19.8 Å². The monoisotopic (exact) mass is 368 g/mol. The van der Waals surface area contributed by atoms with Crippen LogP contribution in [0.1, 0.15) is 23.6 Å². The van der Waals surface area contributed by atoms with Crippen molar-refractivity contribution in [1.29, 1.82) is 0 Å². The van der Waals surface area contributed by atoms with Crippen LogP contribution in [-0.2, 0) is 11.3 Å². The Morgan fingerprint density at radius 1 is 1.26 bits per heavy atom. The summed E-state index contributed by atoms with van der Waals surface area (Å²) < 4.78 is 10.7. The van der Waals surface area contributed by atoms with Crippen LogP contribution in [0.5, 0.6) is 11.5 Å². The van der Waals surface area contributed by atoms with Gasteiger partial charge in [-0.25, -0.2) is 4.99 Å². The van der Waals surface area contributed by atoms with Crippen LogP contribution in [0.3, 0.4) is 0 Å². The number of benzene rings is 2. The predicted molar refractivity (Wildman–Crippen MR) is 104 cm³/mol. The molecular formula is C20H24N4O3. The van der Waals surface area contributed by atoms with E-state index in [9.17, 15) is 4.79 Å². The molecule has 7 heteroatoms. The first-order valence-electron chi connectivity index (χ1n) is 8.83. The molecule has 0 aliphatic carbocycles. The molecule has 2 aromatic rings. The Morgan fingerprint density at radius 2 is 2.04 bits per heavy atom. The highest BCUT2D eigenvalue weighted by atomic mass is 16.5. The van der Waals surface area contributed by atoms with Crippen LogP contribution in [0.25, 0.3) is 0 Å². The van der Waals surface area contributed by atoms with Crippen LogP contribution in [0.15, 0.2) is 53.5 Å². The fourth-order valence-electron chi connectivity index (χ4n) is 2.87. The maximum absolute atomic E-state index is 12.0. The van der Waals surface area contributed by atoms with Gasteiger partial charge in [0.1, 0.15) is 18.0 Å². The van der Waals surface area contributed by atoms with Crippen molar-refractivity contribution < 1.29 is 14.3 Å². The number of hydrogen-bond acceptors (Lipinski definition) is 4. The molecular weight excluding hydrogens is 344 g/mol. The van der Waals surface area contributed by atoms with Crippen molar-refractivity contribution in [2.75, 3.05) is 20.3 Å². The van der Waals surface area contributed by atoms with Gasteiger partial charge >= 0.3 is 0 Å².